The van der Waals surface area contributed by atoms with Gasteiger partial charge in [-0.15, -0.1) is 0 Å². The van der Waals surface area contributed by atoms with E-state index in [4.69, 9.17) is 8.85 Å². The standard InChI is InChI=1S/C8H16O3Si/c1-4-8(9)7-12(10-5-2)11-6-3/h4,12H,1,5-7H2,2-3H3. The fraction of sp³-hybridized carbons (Fsp3) is 0.625. The molecule has 0 aromatic rings. The molecule has 12 heavy (non-hydrogen) atoms. The van der Waals surface area contributed by atoms with E-state index in [1.54, 1.807) is 0 Å². The van der Waals surface area contributed by atoms with E-state index < -0.39 is 9.28 Å². The second kappa shape index (κ2) is 7.21. The van der Waals surface area contributed by atoms with E-state index in [1.165, 1.54) is 6.08 Å². The molecule has 0 fully saturated rings. The van der Waals surface area contributed by atoms with Crippen LogP contribution in [0.4, 0.5) is 0 Å². The van der Waals surface area contributed by atoms with Crippen LogP contribution in [0.1, 0.15) is 13.8 Å². The molecule has 0 rings (SSSR count). The van der Waals surface area contributed by atoms with Gasteiger partial charge in [0, 0.05) is 13.2 Å². The van der Waals surface area contributed by atoms with Crippen LogP contribution in [-0.2, 0) is 13.6 Å². The average molecular weight is 188 g/mol. The predicted molar refractivity (Wildman–Crippen MR) is 50.4 cm³/mol. The van der Waals surface area contributed by atoms with E-state index in [2.05, 4.69) is 6.58 Å². The molecule has 0 aliphatic carbocycles. The lowest BCUT2D eigenvalue weighted by molar-refractivity contribution is -0.113. The van der Waals surface area contributed by atoms with E-state index in [-0.39, 0.29) is 5.78 Å². The third-order valence-electron chi connectivity index (χ3n) is 1.30. The minimum absolute atomic E-state index is 0.00793. The summed E-state index contributed by atoms with van der Waals surface area (Å²) in [5.74, 6) is 0.00793. The van der Waals surface area contributed by atoms with Crippen molar-refractivity contribution in [2.45, 2.75) is 19.9 Å². The summed E-state index contributed by atoms with van der Waals surface area (Å²) in [6, 6.07) is 0.394. The molecule has 0 bridgehead atoms. The van der Waals surface area contributed by atoms with E-state index in [9.17, 15) is 4.79 Å². The number of carbonyl (C=O) groups excluding carboxylic acids is 1. The van der Waals surface area contributed by atoms with Crippen LogP contribution in [0.25, 0.3) is 0 Å². The van der Waals surface area contributed by atoms with Gasteiger partial charge in [-0.3, -0.25) is 4.79 Å². The van der Waals surface area contributed by atoms with Gasteiger partial charge in [0.1, 0.15) is 0 Å². The fourth-order valence-electron chi connectivity index (χ4n) is 0.785. The van der Waals surface area contributed by atoms with Gasteiger partial charge in [0.15, 0.2) is 5.78 Å². The summed E-state index contributed by atoms with van der Waals surface area (Å²) >= 11 is 0. The molecule has 0 amide bonds. The summed E-state index contributed by atoms with van der Waals surface area (Å²) in [6.45, 7) is 8.42. The van der Waals surface area contributed by atoms with Crippen molar-refractivity contribution in [3.05, 3.63) is 12.7 Å². The number of rotatable bonds is 7. The van der Waals surface area contributed by atoms with Crippen LogP contribution < -0.4 is 0 Å². The maximum Gasteiger partial charge on any atom is 0.329 e. The Hall–Kier alpha value is -0.453. The second-order valence-corrected chi connectivity index (χ2v) is 4.15. The highest BCUT2D eigenvalue weighted by Crippen LogP contribution is 1.98. The number of carbonyl (C=O) groups is 1. The minimum Gasteiger partial charge on any atom is -0.397 e. The van der Waals surface area contributed by atoms with Gasteiger partial charge < -0.3 is 8.85 Å². The molecule has 0 saturated carbocycles. The predicted octanol–water partition coefficient (Wildman–Crippen LogP) is 1.03. The van der Waals surface area contributed by atoms with Crippen LogP contribution in [0.5, 0.6) is 0 Å². The molecular weight excluding hydrogens is 172 g/mol. The van der Waals surface area contributed by atoms with Crippen molar-refractivity contribution >= 4 is 15.1 Å². The first-order chi connectivity index (χ1) is 5.74. The van der Waals surface area contributed by atoms with Gasteiger partial charge in [0.25, 0.3) is 0 Å². The Labute approximate surface area is 75.2 Å². The Balaban J connectivity index is 3.76. The summed E-state index contributed by atoms with van der Waals surface area (Å²) in [6.07, 6.45) is 1.32. The smallest absolute Gasteiger partial charge is 0.329 e. The molecule has 4 heteroatoms. The molecular formula is C8H16O3Si. The normalized spacial score (nSPS) is 10.2. The van der Waals surface area contributed by atoms with E-state index in [0.29, 0.717) is 19.3 Å². The SMILES string of the molecule is C=CC(=O)C[SiH](OCC)OCC. The second-order valence-electron chi connectivity index (χ2n) is 2.21. The maximum atomic E-state index is 10.9. The van der Waals surface area contributed by atoms with Crippen molar-refractivity contribution in [1.82, 2.24) is 0 Å². The molecule has 0 radical (unpaired) electrons. The fourth-order valence-corrected chi connectivity index (χ4v) is 2.36. The Morgan fingerprint density at radius 1 is 1.42 bits per heavy atom. The molecule has 3 nitrogen and oxygen atoms in total. The van der Waals surface area contributed by atoms with Crippen LogP contribution >= 0.6 is 0 Å². The average Bonchev–Trinajstić information content (AvgIpc) is 2.05. The van der Waals surface area contributed by atoms with Crippen LogP contribution in [0.2, 0.25) is 6.04 Å². The monoisotopic (exact) mass is 188 g/mol. The van der Waals surface area contributed by atoms with E-state index >= 15 is 0 Å². The Morgan fingerprint density at radius 2 is 1.92 bits per heavy atom. The van der Waals surface area contributed by atoms with Crippen molar-refractivity contribution in [3.8, 4) is 0 Å². The molecule has 70 valence electrons. The molecule has 0 heterocycles. The van der Waals surface area contributed by atoms with Gasteiger partial charge >= 0.3 is 9.28 Å². The Kier molecular flexibility index (Phi) is 6.94. The zero-order valence-electron chi connectivity index (χ0n) is 7.71. The number of hydrogen-bond acceptors (Lipinski definition) is 3. The van der Waals surface area contributed by atoms with Crippen molar-refractivity contribution in [2.24, 2.45) is 0 Å². The summed E-state index contributed by atoms with van der Waals surface area (Å²) in [5.41, 5.74) is 0. The third kappa shape index (κ3) is 5.23. The number of ketones is 1. The summed E-state index contributed by atoms with van der Waals surface area (Å²) in [4.78, 5) is 10.9. The quantitative estimate of drug-likeness (QED) is 0.442. The van der Waals surface area contributed by atoms with Gasteiger partial charge in [-0.05, 0) is 19.9 Å². The summed E-state index contributed by atoms with van der Waals surface area (Å²) < 4.78 is 10.6. The molecule has 0 aromatic carbocycles. The van der Waals surface area contributed by atoms with E-state index in [0.717, 1.165) is 0 Å². The zero-order chi connectivity index (χ0) is 9.40. The highest BCUT2D eigenvalue weighted by Gasteiger charge is 2.14. The first-order valence-electron chi connectivity index (χ1n) is 4.13. The van der Waals surface area contributed by atoms with Crippen LogP contribution in [-0.4, -0.2) is 28.3 Å². The van der Waals surface area contributed by atoms with Gasteiger partial charge in [0.05, 0.1) is 6.04 Å². The molecule has 0 saturated heterocycles. The molecule has 0 atom stereocenters. The van der Waals surface area contributed by atoms with Crippen LogP contribution in [0.15, 0.2) is 12.7 Å². The number of hydrogen-bond donors (Lipinski definition) is 0. The Morgan fingerprint density at radius 3 is 2.25 bits per heavy atom. The van der Waals surface area contributed by atoms with Crippen LogP contribution in [0, 0.1) is 0 Å². The molecule has 0 unspecified atom stereocenters. The van der Waals surface area contributed by atoms with Crippen molar-refractivity contribution < 1.29 is 13.6 Å². The zero-order valence-corrected chi connectivity index (χ0v) is 8.86. The maximum absolute atomic E-state index is 10.9. The molecule has 0 aromatic heterocycles. The molecule has 0 aliphatic rings. The van der Waals surface area contributed by atoms with Gasteiger partial charge in [-0.2, -0.15) is 0 Å². The highest BCUT2D eigenvalue weighted by atomic mass is 28.3. The van der Waals surface area contributed by atoms with Gasteiger partial charge in [0.2, 0.25) is 0 Å². The molecule has 0 N–H and O–H groups in total. The Bertz CT molecular complexity index is 141. The third-order valence-corrected chi connectivity index (χ3v) is 3.45. The van der Waals surface area contributed by atoms with E-state index in [1.807, 2.05) is 13.8 Å². The van der Waals surface area contributed by atoms with Crippen molar-refractivity contribution in [1.29, 1.82) is 0 Å². The highest BCUT2D eigenvalue weighted by molar-refractivity contribution is 6.50. The first kappa shape index (κ1) is 11.5. The van der Waals surface area contributed by atoms with Gasteiger partial charge in [-0.1, -0.05) is 6.58 Å². The lowest BCUT2D eigenvalue weighted by Gasteiger charge is -2.12. The van der Waals surface area contributed by atoms with Crippen molar-refractivity contribution in [2.75, 3.05) is 13.2 Å². The van der Waals surface area contributed by atoms with Crippen molar-refractivity contribution in [3.63, 3.8) is 0 Å². The summed E-state index contributed by atoms with van der Waals surface area (Å²) in [5, 5.41) is 0. The van der Waals surface area contributed by atoms with Gasteiger partial charge in [-0.25, -0.2) is 0 Å². The molecule has 0 aliphatic heterocycles. The lowest BCUT2D eigenvalue weighted by atomic mass is 10.5. The number of allylic oxidation sites excluding steroid dienone is 1. The summed E-state index contributed by atoms with van der Waals surface area (Å²) in [7, 11) is -1.73. The minimum atomic E-state index is -1.73. The lowest BCUT2D eigenvalue weighted by Crippen LogP contribution is -2.25. The largest absolute Gasteiger partial charge is 0.397 e. The van der Waals surface area contributed by atoms with Crippen LogP contribution in [0.3, 0.4) is 0 Å². The molecule has 0 spiro atoms. The topological polar surface area (TPSA) is 35.5 Å². The first-order valence-corrected chi connectivity index (χ1v) is 5.89.